The van der Waals surface area contributed by atoms with Gasteiger partial charge in [0.1, 0.15) is 10.6 Å². The molecule has 1 aliphatic carbocycles. The highest BCUT2D eigenvalue weighted by Gasteiger charge is 2.23. The molecule has 1 aliphatic rings. The van der Waals surface area contributed by atoms with E-state index in [1.807, 2.05) is 0 Å². The normalized spacial score (nSPS) is 13.3. The SMILES string of the molecule is Nc1nc(N)c2c3c(sc2n1)CCc1ccccc1-3. The molecule has 0 saturated heterocycles. The zero-order valence-corrected chi connectivity index (χ0v) is 11.0. The molecule has 4 N–H and O–H groups in total. The number of rotatable bonds is 0. The molecule has 0 amide bonds. The lowest BCUT2D eigenvalue weighted by Crippen LogP contribution is -2.02. The van der Waals surface area contributed by atoms with Gasteiger partial charge in [-0.2, -0.15) is 4.98 Å². The molecule has 0 radical (unpaired) electrons. The minimum Gasteiger partial charge on any atom is -0.383 e. The Morgan fingerprint density at radius 3 is 2.79 bits per heavy atom. The summed E-state index contributed by atoms with van der Waals surface area (Å²) in [4.78, 5) is 10.7. The summed E-state index contributed by atoms with van der Waals surface area (Å²) in [6, 6.07) is 8.47. The molecule has 0 unspecified atom stereocenters. The van der Waals surface area contributed by atoms with Crippen molar-refractivity contribution in [1.29, 1.82) is 0 Å². The second-order valence-corrected chi connectivity index (χ2v) is 5.79. The van der Waals surface area contributed by atoms with Crippen LogP contribution in [0, 0.1) is 0 Å². The number of aromatic nitrogens is 2. The second-order valence-electron chi connectivity index (χ2n) is 4.70. The van der Waals surface area contributed by atoms with E-state index in [1.165, 1.54) is 21.6 Å². The molecule has 3 aromatic rings. The van der Waals surface area contributed by atoms with Gasteiger partial charge in [-0.1, -0.05) is 24.3 Å². The summed E-state index contributed by atoms with van der Waals surface area (Å²) in [5.41, 5.74) is 15.6. The fourth-order valence-corrected chi connectivity index (χ4v) is 3.98. The number of anilines is 2. The predicted molar refractivity (Wildman–Crippen MR) is 79.1 cm³/mol. The van der Waals surface area contributed by atoms with Crippen LogP contribution in [0.25, 0.3) is 21.3 Å². The van der Waals surface area contributed by atoms with Gasteiger partial charge in [-0.15, -0.1) is 11.3 Å². The first-order chi connectivity index (χ1) is 9.24. The lowest BCUT2D eigenvalue weighted by Gasteiger charge is -2.16. The van der Waals surface area contributed by atoms with Crippen LogP contribution < -0.4 is 11.5 Å². The number of nitrogen functional groups attached to an aromatic ring is 2. The number of hydrogen-bond acceptors (Lipinski definition) is 5. The highest BCUT2D eigenvalue weighted by atomic mass is 32.1. The van der Waals surface area contributed by atoms with Crippen molar-refractivity contribution in [3.8, 4) is 11.1 Å². The minimum atomic E-state index is 0.247. The zero-order chi connectivity index (χ0) is 13.0. The summed E-state index contributed by atoms with van der Waals surface area (Å²) in [5.74, 6) is 0.730. The number of aryl methyl sites for hydroxylation is 2. The average molecular weight is 268 g/mol. The van der Waals surface area contributed by atoms with Crippen LogP contribution in [0.5, 0.6) is 0 Å². The molecule has 1 aromatic carbocycles. The third kappa shape index (κ3) is 1.45. The predicted octanol–water partition coefficient (Wildman–Crippen LogP) is 2.62. The van der Waals surface area contributed by atoms with E-state index in [4.69, 9.17) is 11.5 Å². The van der Waals surface area contributed by atoms with Crippen molar-refractivity contribution in [2.24, 2.45) is 0 Å². The van der Waals surface area contributed by atoms with E-state index >= 15 is 0 Å². The summed E-state index contributed by atoms with van der Waals surface area (Å²) in [5, 5.41) is 0.960. The first kappa shape index (κ1) is 10.8. The monoisotopic (exact) mass is 268 g/mol. The number of fused-ring (bicyclic) bond motifs is 5. The molecule has 2 heterocycles. The number of nitrogens with zero attached hydrogens (tertiary/aromatic N) is 2. The Hall–Kier alpha value is -2.14. The lowest BCUT2D eigenvalue weighted by atomic mass is 9.89. The number of nitrogens with two attached hydrogens (primary N) is 2. The first-order valence-corrected chi connectivity index (χ1v) is 6.98. The maximum atomic E-state index is 6.06. The van der Waals surface area contributed by atoms with Crippen LogP contribution in [0.4, 0.5) is 11.8 Å². The van der Waals surface area contributed by atoms with Crippen LogP contribution in [-0.4, -0.2) is 9.97 Å². The highest BCUT2D eigenvalue weighted by Crippen LogP contribution is 2.44. The number of hydrogen-bond donors (Lipinski definition) is 2. The molecule has 4 rings (SSSR count). The Labute approximate surface area is 114 Å². The molecule has 19 heavy (non-hydrogen) atoms. The molecular weight excluding hydrogens is 256 g/mol. The summed E-state index contributed by atoms with van der Waals surface area (Å²) in [7, 11) is 0. The fourth-order valence-electron chi connectivity index (χ4n) is 2.78. The Bertz CT molecular complexity index is 807. The Morgan fingerprint density at radius 2 is 1.89 bits per heavy atom. The van der Waals surface area contributed by atoms with Crippen LogP contribution in [-0.2, 0) is 12.8 Å². The molecule has 0 aliphatic heterocycles. The van der Waals surface area contributed by atoms with Gasteiger partial charge in [0, 0.05) is 10.4 Å². The smallest absolute Gasteiger partial charge is 0.223 e. The van der Waals surface area contributed by atoms with Crippen molar-refractivity contribution < 1.29 is 0 Å². The van der Waals surface area contributed by atoms with E-state index in [0.717, 1.165) is 23.1 Å². The van der Waals surface area contributed by atoms with Gasteiger partial charge in [0.05, 0.1) is 5.39 Å². The molecule has 0 atom stereocenters. The first-order valence-electron chi connectivity index (χ1n) is 6.16. The van der Waals surface area contributed by atoms with Crippen LogP contribution in [0.15, 0.2) is 24.3 Å². The molecule has 0 spiro atoms. The van der Waals surface area contributed by atoms with Gasteiger partial charge in [-0.05, 0) is 24.0 Å². The quantitative estimate of drug-likeness (QED) is 0.657. The van der Waals surface area contributed by atoms with Crippen LogP contribution >= 0.6 is 11.3 Å². The fraction of sp³-hybridized carbons (Fsp3) is 0.143. The van der Waals surface area contributed by atoms with Gasteiger partial charge in [-0.3, -0.25) is 0 Å². The van der Waals surface area contributed by atoms with Gasteiger partial charge < -0.3 is 11.5 Å². The van der Waals surface area contributed by atoms with Gasteiger partial charge in [0.2, 0.25) is 5.95 Å². The zero-order valence-electron chi connectivity index (χ0n) is 10.2. The van der Waals surface area contributed by atoms with Crippen molar-refractivity contribution in [1.82, 2.24) is 9.97 Å². The van der Waals surface area contributed by atoms with E-state index in [0.29, 0.717) is 5.82 Å². The topological polar surface area (TPSA) is 77.8 Å². The Morgan fingerprint density at radius 1 is 1.05 bits per heavy atom. The average Bonchev–Trinajstić information content (AvgIpc) is 2.77. The van der Waals surface area contributed by atoms with E-state index in [1.54, 1.807) is 11.3 Å². The molecule has 5 heteroatoms. The molecular formula is C14H12N4S. The number of benzene rings is 1. The Kier molecular flexibility index (Phi) is 2.08. The van der Waals surface area contributed by atoms with E-state index < -0.39 is 0 Å². The second kappa shape index (κ2) is 3.68. The number of thiophene rings is 1. The third-order valence-corrected chi connectivity index (χ3v) is 4.72. The molecule has 0 fully saturated rings. The van der Waals surface area contributed by atoms with Gasteiger partial charge in [-0.25, -0.2) is 4.98 Å². The van der Waals surface area contributed by atoms with Crippen molar-refractivity contribution >= 4 is 33.3 Å². The lowest BCUT2D eigenvalue weighted by molar-refractivity contribution is 0.965. The van der Waals surface area contributed by atoms with Gasteiger partial charge >= 0.3 is 0 Å². The Balaban J connectivity index is 2.15. The maximum absolute atomic E-state index is 6.06. The molecule has 4 nitrogen and oxygen atoms in total. The molecule has 0 bridgehead atoms. The highest BCUT2D eigenvalue weighted by molar-refractivity contribution is 7.19. The summed E-state index contributed by atoms with van der Waals surface area (Å²) in [6.45, 7) is 0. The summed E-state index contributed by atoms with van der Waals surface area (Å²) >= 11 is 1.68. The molecule has 2 aromatic heterocycles. The standard InChI is InChI=1S/C14H12N4S/c15-12-11-10-8-4-2-1-3-7(8)5-6-9(10)19-13(11)18-14(16)17-12/h1-4H,5-6H2,(H4,15,16,17,18). The van der Waals surface area contributed by atoms with Crippen LogP contribution in [0.2, 0.25) is 0 Å². The van der Waals surface area contributed by atoms with E-state index in [9.17, 15) is 0 Å². The molecule has 94 valence electrons. The van der Waals surface area contributed by atoms with Crippen LogP contribution in [0.1, 0.15) is 10.4 Å². The maximum Gasteiger partial charge on any atom is 0.223 e. The van der Waals surface area contributed by atoms with Gasteiger partial charge in [0.25, 0.3) is 0 Å². The van der Waals surface area contributed by atoms with Crippen LogP contribution in [0.3, 0.4) is 0 Å². The largest absolute Gasteiger partial charge is 0.383 e. The van der Waals surface area contributed by atoms with Crippen molar-refractivity contribution in [2.45, 2.75) is 12.8 Å². The molecule has 0 saturated carbocycles. The minimum absolute atomic E-state index is 0.247. The van der Waals surface area contributed by atoms with E-state index in [-0.39, 0.29) is 5.95 Å². The summed E-state index contributed by atoms with van der Waals surface area (Å²) in [6.07, 6.45) is 2.10. The third-order valence-electron chi connectivity index (χ3n) is 3.58. The van der Waals surface area contributed by atoms with Crippen molar-refractivity contribution in [2.75, 3.05) is 11.5 Å². The van der Waals surface area contributed by atoms with Crippen molar-refractivity contribution in [3.05, 3.63) is 34.7 Å². The van der Waals surface area contributed by atoms with Crippen molar-refractivity contribution in [3.63, 3.8) is 0 Å². The summed E-state index contributed by atoms with van der Waals surface area (Å²) < 4.78 is 0. The van der Waals surface area contributed by atoms with E-state index in [2.05, 4.69) is 34.2 Å². The van der Waals surface area contributed by atoms with Gasteiger partial charge in [0.15, 0.2) is 0 Å².